The monoisotopic (exact) mass is 456 g/mol. The summed E-state index contributed by atoms with van der Waals surface area (Å²) in [5.74, 6) is -0.786. The lowest BCUT2D eigenvalue weighted by atomic mass is 10.1. The first-order valence-corrected chi connectivity index (χ1v) is 10.7. The van der Waals surface area contributed by atoms with E-state index in [9.17, 15) is 14.4 Å². The molecule has 168 valence electrons. The highest BCUT2D eigenvalue weighted by Gasteiger charge is 2.22. The van der Waals surface area contributed by atoms with Crippen LogP contribution in [0.15, 0.2) is 48.0 Å². The molecule has 0 atom stereocenters. The van der Waals surface area contributed by atoms with Crippen molar-refractivity contribution in [2.75, 3.05) is 31.6 Å². The van der Waals surface area contributed by atoms with Gasteiger partial charge in [-0.25, -0.2) is 4.79 Å². The van der Waals surface area contributed by atoms with Gasteiger partial charge >= 0.3 is 5.97 Å². The summed E-state index contributed by atoms with van der Waals surface area (Å²) in [7, 11) is 0. The van der Waals surface area contributed by atoms with E-state index in [-0.39, 0.29) is 24.6 Å². The van der Waals surface area contributed by atoms with Gasteiger partial charge in [0.1, 0.15) is 12.4 Å². The van der Waals surface area contributed by atoms with Gasteiger partial charge in [-0.1, -0.05) is 36.7 Å². The summed E-state index contributed by atoms with van der Waals surface area (Å²) in [6.07, 6.45) is 2.30. The molecular weight excluding hydrogens is 432 g/mol. The predicted molar refractivity (Wildman–Crippen MR) is 123 cm³/mol. The molecule has 1 aliphatic heterocycles. The number of aryl methyl sites for hydroxylation is 1. The molecule has 1 aliphatic rings. The fraction of sp³-hybridized carbons (Fsp3) is 0.292. The molecule has 2 aromatic carbocycles. The Bertz CT molecular complexity index is 1050. The van der Waals surface area contributed by atoms with E-state index in [1.165, 1.54) is 4.90 Å². The third kappa shape index (κ3) is 6.11. The number of esters is 1. The molecule has 0 fully saturated rings. The van der Waals surface area contributed by atoms with Gasteiger partial charge in [0, 0.05) is 22.8 Å². The molecule has 0 unspecified atom stereocenters. The number of hydrogen-bond acceptors (Lipinski definition) is 5. The van der Waals surface area contributed by atoms with E-state index >= 15 is 0 Å². The molecule has 1 heterocycles. The molecule has 0 bridgehead atoms. The summed E-state index contributed by atoms with van der Waals surface area (Å²) in [6, 6.07) is 12.5. The van der Waals surface area contributed by atoms with Crippen molar-refractivity contribution in [2.45, 2.75) is 20.3 Å². The standard InChI is InChI=1S/C24H25ClN2O5/c1-3-10-27(13-22(28)26-20-7-5-4-6-16(20)2)23(29)15-32-24(30)18-11-17-12-19(25)8-9-21(17)31-14-18/h4-9,11-12H,3,10,13-15H2,1-2H3,(H,26,28). The number of hydrogen-bond donors (Lipinski definition) is 1. The SMILES string of the molecule is CCCN(CC(=O)Nc1ccccc1C)C(=O)COC(=O)C1=Cc2cc(Cl)ccc2OC1. The molecule has 2 amide bonds. The Balaban J connectivity index is 1.57. The summed E-state index contributed by atoms with van der Waals surface area (Å²) >= 11 is 5.99. The normalized spacial score (nSPS) is 12.2. The first-order chi connectivity index (χ1) is 15.4. The average Bonchev–Trinajstić information content (AvgIpc) is 2.78. The maximum Gasteiger partial charge on any atom is 0.338 e. The van der Waals surface area contributed by atoms with Crippen LogP contribution < -0.4 is 10.1 Å². The zero-order valence-electron chi connectivity index (χ0n) is 18.0. The molecule has 8 heteroatoms. The number of rotatable bonds is 8. The quantitative estimate of drug-likeness (QED) is 0.610. The average molecular weight is 457 g/mol. The summed E-state index contributed by atoms with van der Waals surface area (Å²) in [4.78, 5) is 38.9. The molecule has 0 radical (unpaired) electrons. The third-order valence-corrected chi connectivity index (χ3v) is 5.11. The largest absolute Gasteiger partial charge is 0.488 e. The fourth-order valence-electron chi connectivity index (χ4n) is 3.22. The number of benzene rings is 2. The van der Waals surface area contributed by atoms with Gasteiger partial charge in [0.15, 0.2) is 6.61 Å². The Morgan fingerprint density at radius 1 is 1.19 bits per heavy atom. The van der Waals surface area contributed by atoms with Crippen molar-refractivity contribution in [3.8, 4) is 5.75 Å². The molecule has 0 aliphatic carbocycles. The number of carbonyl (C=O) groups excluding carboxylic acids is 3. The van der Waals surface area contributed by atoms with Crippen molar-refractivity contribution in [3.63, 3.8) is 0 Å². The first-order valence-electron chi connectivity index (χ1n) is 10.3. The minimum Gasteiger partial charge on any atom is -0.488 e. The van der Waals surface area contributed by atoms with Gasteiger partial charge in [0.2, 0.25) is 5.91 Å². The number of halogens is 1. The lowest BCUT2D eigenvalue weighted by Gasteiger charge is -2.22. The van der Waals surface area contributed by atoms with Crippen LogP contribution in [0, 0.1) is 6.92 Å². The van der Waals surface area contributed by atoms with Gasteiger partial charge in [0.25, 0.3) is 5.91 Å². The highest BCUT2D eigenvalue weighted by Crippen LogP contribution is 2.29. The van der Waals surface area contributed by atoms with Crippen LogP contribution in [0.25, 0.3) is 6.08 Å². The fourth-order valence-corrected chi connectivity index (χ4v) is 3.40. The smallest absolute Gasteiger partial charge is 0.338 e. The number of anilines is 1. The van der Waals surface area contributed by atoms with Crippen LogP contribution in [0.5, 0.6) is 5.75 Å². The van der Waals surface area contributed by atoms with Crippen LogP contribution in [-0.2, 0) is 19.1 Å². The maximum absolute atomic E-state index is 12.6. The summed E-state index contributed by atoms with van der Waals surface area (Å²) < 4.78 is 10.7. The molecule has 2 aromatic rings. The number of ether oxygens (including phenoxy) is 2. The summed E-state index contributed by atoms with van der Waals surface area (Å²) in [5.41, 5.74) is 2.57. The number of nitrogens with zero attached hydrogens (tertiary/aromatic N) is 1. The lowest BCUT2D eigenvalue weighted by molar-refractivity contribution is -0.149. The zero-order chi connectivity index (χ0) is 23.1. The van der Waals surface area contributed by atoms with Crippen molar-refractivity contribution >= 4 is 41.1 Å². The Labute approximate surface area is 191 Å². The molecule has 1 N–H and O–H groups in total. The van der Waals surface area contributed by atoms with Crippen molar-refractivity contribution in [1.29, 1.82) is 0 Å². The highest BCUT2D eigenvalue weighted by atomic mass is 35.5. The van der Waals surface area contributed by atoms with Crippen molar-refractivity contribution in [2.24, 2.45) is 0 Å². The van der Waals surface area contributed by atoms with Gasteiger partial charge in [0.05, 0.1) is 12.1 Å². The van der Waals surface area contributed by atoms with Gasteiger partial charge < -0.3 is 19.7 Å². The van der Waals surface area contributed by atoms with Crippen molar-refractivity contribution < 1.29 is 23.9 Å². The minimum absolute atomic E-state index is 0.0408. The molecule has 0 aromatic heterocycles. The van der Waals surface area contributed by atoms with Crippen LogP contribution in [0.3, 0.4) is 0 Å². The molecule has 0 saturated carbocycles. The van der Waals surface area contributed by atoms with Crippen molar-refractivity contribution in [1.82, 2.24) is 4.90 Å². The summed E-state index contributed by atoms with van der Waals surface area (Å²) in [5, 5.41) is 3.33. The molecule has 3 rings (SSSR count). The Hall–Kier alpha value is -3.32. The molecule has 0 saturated heterocycles. The van der Waals surface area contributed by atoms with Gasteiger partial charge in [-0.05, 0) is 49.2 Å². The highest BCUT2D eigenvalue weighted by molar-refractivity contribution is 6.30. The van der Waals surface area contributed by atoms with Gasteiger partial charge in [-0.15, -0.1) is 0 Å². The van der Waals surface area contributed by atoms with E-state index in [4.69, 9.17) is 21.1 Å². The zero-order valence-corrected chi connectivity index (χ0v) is 18.8. The van der Waals surface area contributed by atoms with Crippen LogP contribution in [0.4, 0.5) is 5.69 Å². The van der Waals surface area contributed by atoms with Gasteiger partial charge in [-0.3, -0.25) is 9.59 Å². The van der Waals surface area contributed by atoms with E-state index in [1.807, 2.05) is 32.0 Å². The van der Waals surface area contributed by atoms with Crippen LogP contribution in [0.1, 0.15) is 24.5 Å². The maximum atomic E-state index is 12.6. The first kappa shape index (κ1) is 23.3. The topological polar surface area (TPSA) is 84.9 Å². The number of nitrogens with one attached hydrogen (secondary N) is 1. The van der Waals surface area contributed by atoms with Crippen LogP contribution in [-0.4, -0.2) is 49.0 Å². The molecular formula is C24H25ClN2O5. The lowest BCUT2D eigenvalue weighted by Crippen LogP contribution is -2.41. The number of fused-ring (bicyclic) bond motifs is 1. The summed E-state index contributed by atoms with van der Waals surface area (Å²) in [6.45, 7) is 3.61. The minimum atomic E-state index is -0.648. The Morgan fingerprint density at radius 2 is 1.97 bits per heavy atom. The molecule has 0 spiro atoms. The number of amides is 2. The number of para-hydroxylation sites is 1. The molecule has 32 heavy (non-hydrogen) atoms. The van der Waals surface area contributed by atoms with Crippen LogP contribution in [0.2, 0.25) is 5.02 Å². The van der Waals surface area contributed by atoms with Gasteiger partial charge in [-0.2, -0.15) is 0 Å². The van der Waals surface area contributed by atoms with E-state index in [2.05, 4.69) is 5.32 Å². The van der Waals surface area contributed by atoms with E-state index < -0.39 is 18.5 Å². The Kier molecular flexibility index (Phi) is 7.89. The van der Waals surface area contributed by atoms with E-state index in [1.54, 1.807) is 30.3 Å². The second-order valence-corrected chi connectivity index (χ2v) is 7.83. The Morgan fingerprint density at radius 3 is 2.72 bits per heavy atom. The van der Waals surface area contributed by atoms with E-state index in [0.717, 1.165) is 5.56 Å². The van der Waals surface area contributed by atoms with Crippen LogP contribution >= 0.6 is 11.6 Å². The predicted octanol–water partition coefficient (Wildman–Crippen LogP) is 3.84. The second kappa shape index (κ2) is 10.8. The van der Waals surface area contributed by atoms with E-state index in [0.29, 0.717) is 35.0 Å². The number of carbonyl (C=O) groups is 3. The van der Waals surface area contributed by atoms with Crippen molar-refractivity contribution in [3.05, 3.63) is 64.2 Å². The molecule has 7 nitrogen and oxygen atoms in total. The second-order valence-electron chi connectivity index (χ2n) is 7.39. The third-order valence-electron chi connectivity index (χ3n) is 4.87.